The molecule has 16 heavy (non-hydrogen) atoms. The summed E-state index contributed by atoms with van der Waals surface area (Å²) < 4.78 is 5.13. The molecule has 1 aromatic carbocycles. The van der Waals surface area contributed by atoms with Crippen LogP contribution < -0.4 is 10.1 Å². The summed E-state index contributed by atoms with van der Waals surface area (Å²) in [4.78, 5) is 11.5. The molecule has 1 rings (SSSR count). The van der Waals surface area contributed by atoms with Crippen LogP contribution in [-0.4, -0.2) is 17.8 Å². The van der Waals surface area contributed by atoms with Crippen molar-refractivity contribution in [1.29, 1.82) is 0 Å². The maximum Gasteiger partial charge on any atom is 0.238 e. The minimum absolute atomic E-state index is 0.108. The van der Waals surface area contributed by atoms with Crippen LogP contribution in [0, 0.1) is 0 Å². The lowest BCUT2D eigenvalue weighted by atomic mass is 10.2. The maximum atomic E-state index is 11.7. The average molecular weight is 307 g/mol. The number of halogens is 2. The van der Waals surface area contributed by atoms with Crippen molar-refractivity contribution in [3.8, 4) is 5.75 Å². The summed E-state index contributed by atoms with van der Waals surface area (Å²) >= 11 is 9.13. The lowest BCUT2D eigenvalue weighted by Gasteiger charge is -2.12. The fraction of sp³-hybridized carbons (Fsp3) is 0.364. The smallest absolute Gasteiger partial charge is 0.238 e. The first-order valence-corrected chi connectivity index (χ1v) is 6.16. The Kier molecular flexibility index (Phi) is 5.09. The van der Waals surface area contributed by atoms with E-state index in [1.165, 1.54) is 0 Å². The van der Waals surface area contributed by atoms with Crippen LogP contribution in [0.3, 0.4) is 0 Å². The highest BCUT2D eigenvalue weighted by atomic mass is 79.9. The third-order valence-corrected chi connectivity index (χ3v) is 3.36. The molecule has 0 aliphatic heterocycles. The lowest BCUT2D eigenvalue weighted by molar-refractivity contribution is -0.115. The first-order chi connectivity index (χ1) is 7.58. The number of alkyl halides is 1. The SMILES string of the molecule is CC[C@H](Br)C(=O)Nc1cc(Cl)ccc1OC. The van der Waals surface area contributed by atoms with E-state index in [2.05, 4.69) is 21.2 Å². The number of nitrogens with one attached hydrogen (secondary N) is 1. The van der Waals surface area contributed by atoms with Gasteiger partial charge in [0.15, 0.2) is 0 Å². The van der Waals surface area contributed by atoms with Gasteiger partial charge in [-0.1, -0.05) is 34.5 Å². The van der Waals surface area contributed by atoms with Crippen molar-refractivity contribution in [1.82, 2.24) is 0 Å². The molecule has 0 aliphatic rings. The topological polar surface area (TPSA) is 38.3 Å². The zero-order valence-corrected chi connectivity index (χ0v) is 11.4. The third kappa shape index (κ3) is 3.39. The predicted octanol–water partition coefficient (Wildman–Crippen LogP) is 3.46. The van der Waals surface area contributed by atoms with Crippen molar-refractivity contribution in [3.63, 3.8) is 0 Å². The number of amides is 1. The summed E-state index contributed by atoms with van der Waals surface area (Å²) in [5, 5.41) is 3.31. The van der Waals surface area contributed by atoms with Crippen LogP contribution in [0.25, 0.3) is 0 Å². The molecule has 0 aliphatic carbocycles. The quantitative estimate of drug-likeness (QED) is 0.865. The van der Waals surface area contributed by atoms with Crippen LogP contribution in [0.2, 0.25) is 5.02 Å². The molecule has 0 spiro atoms. The number of ether oxygens (including phenoxy) is 1. The molecule has 0 heterocycles. The number of carbonyl (C=O) groups excluding carboxylic acids is 1. The van der Waals surface area contributed by atoms with Gasteiger partial charge in [-0.25, -0.2) is 0 Å². The largest absolute Gasteiger partial charge is 0.495 e. The third-order valence-electron chi connectivity index (χ3n) is 2.06. The van der Waals surface area contributed by atoms with Crippen molar-refractivity contribution in [2.24, 2.45) is 0 Å². The molecule has 0 fully saturated rings. The van der Waals surface area contributed by atoms with E-state index < -0.39 is 0 Å². The van der Waals surface area contributed by atoms with Crippen LogP contribution in [0.5, 0.6) is 5.75 Å². The Labute approximate surface area is 108 Å². The van der Waals surface area contributed by atoms with E-state index in [0.29, 0.717) is 22.9 Å². The second-order valence-corrected chi connectivity index (χ2v) is 4.75. The van der Waals surface area contributed by atoms with Gasteiger partial charge in [0.2, 0.25) is 5.91 Å². The number of methoxy groups -OCH3 is 1. The maximum absolute atomic E-state index is 11.7. The molecule has 3 nitrogen and oxygen atoms in total. The number of anilines is 1. The average Bonchev–Trinajstić information content (AvgIpc) is 2.28. The Balaban J connectivity index is 2.87. The highest BCUT2D eigenvalue weighted by molar-refractivity contribution is 9.10. The standard InChI is InChI=1S/C11H13BrClNO2/c1-3-8(12)11(15)14-9-6-7(13)4-5-10(9)16-2/h4-6,8H,3H2,1-2H3,(H,14,15)/t8-/m0/s1. The highest BCUT2D eigenvalue weighted by Gasteiger charge is 2.14. The Morgan fingerprint density at radius 3 is 2.88 bits per heavy atom. The van der Waals surface area contributed by atoms with E-state index >= 15 is 0 Å². The Morgan fingerprint density at radius 2 is 2.31 bits per heavy atom. The molecule has 0 saturated carbocycles. The van der Waals surface area contributed by atoms with Gasteiger partial charge < -0.3 is 10.1 Å². The normalized spacial score (nSPS) is 12.0. The molecule has 88 valence electrons. The van der Waals surface area contributed by atoms with Gasteiger partial charge in [0, 0.05) is 5.02 Å². The van der Waals surface area contributed by atoms with Crippen LogP contribution in [0.1, 0.15) is 13.3 Å². The van der Waals surface area contributed by atoms with Crippen molar-refractivity contribution in [2.45, 2.75) is 18.2 Å². The van der Waals surface area contributed by atoms with E-state index in [1.807, 2.05) is 6.92 Å². The van der Waals surface area contributed by atoms with Crippen LogP contribution >= 0.6 is 27.5 Å². The summed E-state index contributed by atoms with van der Waals surface area (Å²) in [7, 11) is 1.55. The van der Waals surface area contributed by atoms with Crippen LogP contribution in [0.4, 0.5) is 5.69 Å². The van der Waals surface area contributed by atoms with E-state index in [0.717, 1.165) is 0 Å². The summed E-state index contributed by atoms with van der Waals surface area (Å²) in [6.07, 6.45) is 0.717. The molecule has 0 aromatic heterocycles. The summed E-state index contributed by atoms with van der Waals surface area (Å²) in [6, 6.07) is 5.09. The van der Waals surface area contributed by atoms with Gasteiger partial charge in [-0.15, -0.1) is 0 Å². The highest BCUT2D eigenvalue weighted by Crippen LogP contribution is 2.28. The first kappa shape index (κ1) is 13.3. The first-order valence-electron chi connectivity index (χ1n) is 4.87. The Bertz CT molecular complexity index is 384. The summed E-state index contributed by atoms with van der Waals surface area (Å²) in [5.41, 5.74) is 0.581. The van der Waals surface area contributed by atoms with Gasteiger partial charge in [0.05, 0.1) is 17.6 Å². The molecule has 0 radical (unpaired) electrons. The van der Waals surface area contributed by atoms with E-state index in [9.17, 15) is 4.79 Å². The molecule has 1 aromatic rings. The van der Waals surface area contributed by atoms with E-state index in [-0.39, 0.29) is 10.7 Å². The fourth-order valence-electron chi connectivity index (χ4n) is 1.17. The Morgan fingerprint density at radius 1 is 1.62 bits per heavy atom. The monoisotopic (exact) mass is 305 g/mol. The minimum atomic E-state index is -0.212. The van der Waals surface area contributed by atoms with Crippen LogP contribution in [0.15, 0.2) is 18.2 Å². The van der Waals surface area contributed by atoms with Gasteiger partial charge in [-0.05, 0) is 24.6 Å². The van der Waals surface area contributed by atoms with Gasteiger partial charge in [0.1, 0.15) is 5.75 Å². The number of rotatable bonds is 4. The number of hydrogen-bond acceptors (Lipinski definition) is 2. The summed E-state index contributed by atoms with van der Waals surface area (Å²) in [5.74, 6) is 0.483. The number of hydrogen-bond donors (Lipinski definition) is 1. The van der Waals surface area contributed by atoms with Gasteiger partial charge in [-0.3, -0.25) is 4.79 Å². The second-order valence-electron chi connectivity index (χ2n) is 3.21. The van der Waals surface area contributed by atoms with Crippen molar-refractivity contribution in [3.05, 3.63) is 23.2 Å². The summed E-state index contributed by atoms with van der Waals surface area (Å²) in [6.45, 7) is 1.92. The molecule has 0 saturated heterocycles. The number of benzene rings is 1. The van der Waals surface area contributed by atoms with Gasteiger partial charge in [-0.2, -0.15) is 0 Å². The fourth-order valence-corrected chi connectivity index (χ4v) is 1.46. The molecule has 1 amide bonds. The molecule has 5 heteroatoms. The van der Waals surface area contributed by atoms with Crippen LogP contribution in [-0.2, 0) is 4.79 Å². The van der Waals surface area contributed by atoms with Crippen molar-refractivity contribution in [2.75, 3.05) is 12.4 Å². The Hall–Kier alpha value is -0.740. The van der Waals surface area contributed by atoms with Crippen molar-refractivity contribution < 1.29 is 9.53 Å². The molecular weight excluding hydrogens is 293 g/mol. The molecule has 1 atom stereocenters. The molecule has 0 bridgehead atoms. The van der Waals surface area contributed by atoms with Gasteiger partial charge in [0.25, 0.3) is 0 Å². The number of carbonyl (C=O) groups is 1. The minimum Gasteiger partial charge on any atom is -0.495 e. The van der Waals surface area contributed by atoms with E-state index in [1.54, 1.807) is 25.3 Å². The molecular formula is C11H13BrClNO2. The van der Waals surface area contributed by atoms with Crippen molar-refractivity contribution >= 4 is 39.1 Å². The van der Waals surface area contributed by atoms with Gasteiger partial charge >= 0.3 is 0 Å². The molecule has 1 N–H and O–H groups in total. The zero-order valence-electron chi connectivity index (χ0n) is 9.09. The lowest BCUT2D eigenvalue weighted by Crippen LogP contribution is -2.22. The molecule has 0 unspecified atom stereocenters. The zero-order chi connectivity index (χ0) is 12.1. The predicted molar refractivity (Wildman–Crippen MR) is 69.6 cm³/mol. The second kappa shape index (κ2) is 6.11. The van der Waals surface area contributed by atoms with E-state index in [4.69, 9.17) is 16.3 Å².